The maximum Gasteiger partial charge on any atom is 0.219 e. The van der Waals surface area contributed by atoms with E-state index in [0.29, 0.717) is 51.3 Å². The molecule has 2 heterocycles. The number of thioether (sulfide) groups is 1. The largest absolute Gasteiger partial charge is 0.481 e. The lowest BCUT2D eigenvalue weighted by atomic mass is 10.2. The molecule has 136 valence electrons. The van der Waals surface area contributed by atoms with Crippen molar-refractivity contribution < 1.29 is 23.7 Å². The molecule has 2 bridgehead atoms. The first-order valence-corrected chi connectivity index (χ1v) is 9.26. The predicted molar refractivity (Wildman–Crippen MR) is 91.6 cm³/mol. The van der Waals surface area contributed by atoms with Crippen molar-refractivity contribution in [2.75, 3.05) is 58.3 Å². The number of ether oxygens (including phenoxy) is 5. The van der Waals surface area contributed by atoms with Crippen LogP contribution in [-0.4, -0.2) is 68.2 Å². The molecule has 0 atom stereocenters. The monoisotopic (exact) mass is 358 g/mol. The van der Waals surface area contributed by atoms with Crippen LogP contribution < -0.4 is 4.74 Å². The van der Waals surface area contributed by atoms with Crippen LogP contribution in [0.2, 0.25) is 0 Å². The number of nitrogens with zero attached hydrogens (tertiary/aromatic N) is 2. The first kappa shape index (κ1) is 19.4. The Balaban J connectivity index is 1.97. The molecule has 1 aliphatic rings. The second kappa shape index (κ2) is 11.6. The van der Waals surface area contributed by atoms with Crippen LogP contribution >= 0.6 is 11.8 Å². The van der Waals surface area contributed by atoms with Gasteiger partial charge in [0, 0.05) is 17.1 Å². The maximum absolute atomic E-state index is 5.66. The highest BCUT2D eigenvalue weighted by Crippen LogP contribution is 2.18. The summed E-state index contributed by atoms with van der Waals surface area (Å²) in [5, 5.41) is 0. The molecule has 0 radical (unpaired) electrons. The minimum Gasteiger partial charge on any atom is -0.481 e. The zero-order valence-electron chi connectivity index (χ0n) is 14.4. The van der Waals surface area contributed by atoms with Crippen molar-refractivity contribution in [2.45, 2.75) is 20.1 Å². The summed E-state index contributed by atoms with van der Waals surface area (Å²) < 4.78 is 27.6. The van der Waals surface area contributed by atoms with E-state index in [1.165, 1.54) is 0 Å². The van der Waals surface area contributed by atoms with E-state index >= 15 is 0 Å². The summed E-state index contributed by atoms with van der Waals surface area (Å²) in [6.45, 7) is 6.28. The van der Waals surface area contributed by atoms with Gasteiger partial charge in [-0.15, -0.1) is 0 Å². The molecule has 2 rings (SSSR count). The van der Waals surface area contributed by atoms with Crippen molar-refractivity contribution in [2.24, 2.45) is 0 Å². The summed E-state index contributed by atoms with van der Waals surface area (Å²) in [5.74, 6) is 3.07. The van der Waals surface area contributed by atoms with Crippen molar-refractivity contribution in [3.63, 3.8) is 0 Å². The number of hydrogen-bond donors (Lipinski definition) is 0. The minimum absolute atomic E-state index is 0.324. The third-order valence-corrected chi connectivity index (χ3v) is 4.31. The highest BCUT2D eigenvalue weighted by atomic mass is 32.2. The van der Waals surface area contributed by atoms with Crippen LogP contribution in [0.4, 0.5) is 0 Å². The summed E-state index contributed by atoms with van der Waals surface area (Å²) in [4.78, 5) is 8.89. The Kier molecular flexibility index (Phi) is 9.37. The van der Waals surface area contributed by atoms with Crippen molar-refractivity contribution in [3.05, 3.63) is 17.1 Å². The van der Waals surface area contributed by atoms with Gasteiger partial charge in [-0.25, -0.2) is 4.98 Å². The van der Waals surface area contributed by atoms with Crippen LogP contribution in [0.5, 0.6) is 5.88 Å². The summed E-state index contributed by atoms with van der Waals surface area (Å²) >= 11 is 1.82. The molecule has 0 fully saturated rings. The molecule has 0 unspecified atom stereocenters. The van der Waals surface area contributed by atoms with Crippen molar-refractivity contribution in [1.29, 1.82) is 0 Å². The number of aromatic nitrogens is 2. The second-order valence-corrected chi connectivity index (χ2v) is 6.39. The molecule has 1 aromatic rings. The van der Waals surface area contributed by atoms with E-state index in [-0.39, 0.29) is 0 Å². The number of fused-ring (bicyclic) bond motifs is 2. The summed E-state index contributed by atoms with van der Waals surface area (Å²) in [6, 6.07) is 0. The Morgan fingerprint density at radius 1 is 0.833 bits per heavy atom. The predicted octanol–water partition coefficient (Wildman–Crippen LogP) is 1.61. The quantitative estimate of drug-likeness (QED) is 0.750. The summed E-state index contributed by atoms with van der Waals surface area (Å²) in [7, 11) is 1.60. The Hall–Kier alpha value is -0.930. The van der Waals surface area contributed by atoms with E-state index in [1.807, 2.05) is 18.7 Å². The van der Waals surface area contributed by atoms with E-state index in [0.717, 1.165) is 36.0 Å². The lowest BCUT2D eigenvalue weighted by Gasteiger charge is -2.13. The van der Waals surface area contributed by atoms with E-state index < -0.39 is 0 Å². The molecule has 7 nitrogen and oxygen atoms in total. The number of rotatable bonds is 1. The van der Waals surface area contributed by atoms with Crippen molar-refractivity contribution in [1.82, 2.24) is 9.97 Å². The summed E-state index contributed by atoms with van der Waals surface area (Å²) in [5.41, 5.74) is 1.70. The topological polar surface area (TPSA) is 71.9 Å². The zero-order valence-corrected chi connectivity index (χ0v) is 15.2. The zero-order chi connectivity index (χ0) is 17.0. The Morgan fingerprint density at radius 3 is 2.12 bits per heavy atom. The molecule has 0 saturated carbocycles. The molecule has 0 N–H and O–H groups in total. The Bertz CT molecular complexity index is 490. The minimum atomic E-state index is 0.324. The van der Waals surface area contributed by atoms with Gasteiger partial charge >= 0.3 is 0 Å². The molecule has 8 heteroatoms. The fourth-order valence-corrected chi connectivity index (χ4v) is 2.78. The van der Waals surface area contributed by atoms with Crippen LogP contribution in [0, 0.1) is 6.92 Å². The highest BCUT2D eigenvalue weighted by Gasteiger charge is 2.12. The fourth-order valence-electron chi connectivity index (χ4n) is 2.10. The fraction of sp³-hybridized carbons (Fsp3) is 0.750. The van der Waals surface area contributed by atoms with Crippen molar-refractivity contribution >= 4 is 11.8 Å². The average molecular weight is 358 g/mol. The SMILES string of the molecule is COc1nc2nc(c1C)COCCOCCSCCOCCOC2. The molecule has 0 spiro atoms. The van der Waals surface area contributed by atoms with Crippen LogP contribution in [-0.2, 0) is 32.2 Å². The number of methoxy groups -OCH3 is 1. The molecular formula is C16H26N2O5S. The molecule has 0 saturated heterocycles. The van der Waals surface area contributed by atoms with E-state index in [1.54, 1.807) is 7.11 Å². The van der Waals surface area contributed by atoms with Gasteiger partial charge in [0.25, 0.3) is 0 Å². The maximum atomic E-state index is 5.66. The molecule has 1 aliphatic heterocycles. The lowest BCUT2D eigenvalue weighted by Crippen LogP contribution is -2.13. The van der Waals surface area contributed by atoms with Crippen LogP contribution in [0.25, 0.3) is 0 Å². The van der Waals surface area contributed by atoms with Crippen LogP contribution in [0.3, 0.4) is 0 Å². The van der Waals surface area contributed by atoms with Crippen LogP contribution in [0.1, 0.15) is 17.1 Å². The van der Waals surface area contributed by atoms with Gasteiger partial charge in [-0.3, -0.25) is 0 Å². The second-order valence-electron chi connectivity index (χ2n) is 5.16. The van der Waals surface area contributed by atoms with Gasteiger partial charge in [0.1, 0.15) is 6.61 Å². The lowest BCUT2D eigenvalue weighted by molar-refractivity contribution is 0.0395. The van der Waals surface area contributed by atoms with E-state index in [9.17, 15) is 0 Å². The van der Waals surface area contributed by atoms with Gasteiger partial charge in [-0.05, 0) is 6.92 Å². The molecule has 24 heavy (non-hydrogen) atoms. The van der Waals surface area contributed by atoms with Gasteiger partial charge < -0.3 is 23.7 Å². The first-order valence-electron chi connectivity index (χ1n) is 8.10. The third kappa shape index (κ3) is 6.90. The standard InChI is InChI=1S/C16H26N2O5S/c1-13-14-11-22-5-3-20-7-9-24-10-8-21-4-6-23-12-15(17-14)18-16(13)19-2/h3-12H2,1-2H3. The van der Waals surface area contributed by atoms with Gasteiger partial charge in [0.05, 0.1) is 59.1 Å². The first-order chi connectivity index (χ1) is 11.8. The van der Waals surface area contributed by atoms with Gasteiger partial charge in [0.15, 0.2) is 5.82 Å². The smallest absolute Gasteiger partial charge is 0.219 e. The molecule has 1 aromatic heterocycles. The van der Waals surface area contributed by atoms with Crippen molar-refractivity contribution in [3.8, 4) is 5.88 Å². The molecule has 0 aliphatic carbocycles. The number of hydrogen-bond acceptors (Lipinski definition) is 8. The average Bonchev–Trinajstić information content (AvgIpc) is 2.59. The van der Waals surface area contributed by atoms with E-state index in [2.05, 4.69) is 9.97 Å². The Morgan fingerprint density at radius 2 is 1.46 bits per heavy atom. The molecular weight excluding hydrogens is 332 g/mol. The van der Waals surface area contributed by atoms with Gasteiger partial charge in [-0.1, -0.05) is 0 Å². The Labute approximate surface area is 147 Å². The highest BCUT2D eigenvalue weighted by molar-refractivity contribution is 7.99. The van der Waals surface area contributed by atoms with Gasteiger partial charge in [0.2, 0.25) is 5.88 Å². The third-order valence-electron chi connectivity index (χ3n) is 3.40. The molecule has 0 amide bonds. The van der Waals surface area contributed by atoms with E-state index in [4.69, 9.17) is 23.7 Å². The van der Waals surface area contributed by atoms with Crippen LogP contribution in [0.15, 0.2) is 0 Å². The van der Waals surface area contributed by atoms with Gasteiger partial charge in [-0.2, -0.15) is 16.7 Å². The summed E-state index contributed by atoms with van der Waals surface area (Å²) in [6.07, 6.45) is 0. The molecule has 0 aromatic carbocycles. The normalized spacial score (nSPS) is 19.2.